The van der Waals surface area contributed by atoms with Crippen molar-refractivity contribution in [2.45, 2.75) is 25.5 Å². The van der Waals surface area contributed by atoms with Crippen LogP contribution in [0.1, 0.15) is 18.9 Å². The summed E-state index contributed by atoms with van der Waals surface area (Å²) in [4.78, 5) is 4.31. The number of halogens is 1. The van der Waals surface area contributed by atoms with Crippen molar-refractivity contribution in [3.8, 4) is 5.75 Å². The number of rotatable bonds is 7. The first-order valence-corrected chi connectivity index (χ1v) is 8.36. The number of hydrogen-bond acceptors (Lipinski definition) is 5. The lowest BCUT2D eigenvalue weighted by atomic mass is 10.1. The third-order valence-electron chi connectivity index (χ3n) is 3.00. The average molecular weight is 371 g/mol. The Labute approximate surface area is 137 Å². The Kier molecular flexibility index (Phi) is 5.75. The molecule has 0 spiro atoms. The van der Waals surface area contributed by atoms with Gasteiger partial charge in [-0.05, 0) is 38.1 Å². The highest BCUT2D eigenvalue weighted by Gasteiger charge is 2.23. The van der Waals surface area contributed by atoms with E-state index in [1.54, 1.807) is 17.5 Å². The summed E-state index contributed by atoms with van der Waals surface area (Å²) in [5.74, 6) is 0.747. The van der Waals surface area contributed by atoms with Crippen molar-refractivity contribution < 1.29 is 9.84 Å². The number of aromatic nitrogens is 1. The van der Waals surface area contributed by atoms with Crippen molar-refractivity contribution in [2.24, 2.45) is 0 Å². The maximum atomic E-state index is 10.0. The lowest BCUT2D eigenvalue weighted by Gasteiger charge is -2.25. The number of benzene rings is 1. The summed E-state index contributed by atoms with van der Waals surface area (Å²) in [7, 11) is 0. The molecule has 0 fully saturated rings. The van der Waals surface area contributed by atoms with Crippen LogP contribution in [0, 0.1) is 0 Å². The topological polar surface area (TPSA) is 54.4 Å². The summed E-state index contributed by atoms with van der Waals surface area (Å²) in [5, 5.41) is 16.3. The molecule has 0 aliphatic heterocycles. The van der Waals surface area contributed by atoms with Crippen LogP contribution in [-0.2, 0) is 5.54 Å². The van der Waals surface area contributed by atoms with Gasteiger partial charge in [0.15, 0.2) is 0 Å². The minimum atomic E-state index is -0.576. The molecule has 0 aliphatic rings. The highest BCUT2D eigenvalue weighted by molar-refractivity contribution is 9.10. The van der Waals surface area contributed by atoms with Crippen molar-refractivity contribution in [2.75, 3.05) is 13.2 Å². The van der Waals surface area contributed by atoms with Crippen LogP contribution in [0.25, 0.3) is 0 Å². The highest BCUT2D eigenvalue weighted by Crippen LogP contribution is 2.21. The fourth-order valence-electron chi connectivity index (χ4n) is 1.76. The second-order valence-electron chi connectivity index (χ2n) is 5.26. The summed E-state index contributed by atoms with van der Waals surface area (Å²) in [6.45, 7) is 4.80. The summed E-state index contributed by atoms with van der Waals surface area (Å²) >= 11 is 4.97. The molecule has 0 saturated carbocycles. The van der Waals surface area contributed by atoms with Gasteiger partial charge in [-0.25, -0.2) is 4.98 Å². The average Bonchev–Trinajstić information content (AvgIpc) is 3.00. The Balaban J connectivity index is 1.77. The normalized spacial score (nSPS) is 13.1. The lowest BCUT2D eigenvalue weighted by Crippen LogP contribution is -2.42. The predicted molar refractivity (Wildman–Crippen MR) is 88.8 cm³/mol. The molecule has 2 aromatic rings. The number of nitrogens with zero attached hydrogens (tertiary/aromatic N) is 1. The van der Waals surface area contributed by atoms with E-state index in [0.29, 0.717) is 6.54 Å². The number of aliphatic hydroxyl groups excluding tert-OH is 1. The first kappa shape index (κ1) is 16.4. The van der Waals surface area contributed by atoms with Gasteiger partial charge in [0.25, 0.3) is 0 Å². The van der Waals surface area contributed by atoms with Crippen LogP contribution in [-0.4, -0.2) is 29.3 Å². The summed E-state index contributed by atoms with van der Waals surface area (Å²) in [5.41, 5.74) is -0.257. The zero-order valence-electron chi connectivity index (χ0n) is 12.0. The smallest absolute Gasteiger partial charge is 0.119 e. The van der Waals surface area contributed by atoms with Crippen molar-refractivity contribution >= 4 is 27.3 Å². The Morgan fingerprint density at radius 2 is 2.10 bits per heavy atom. The molecule has 1 aromatic carbocycles. The maximum Gasteiger partial charge on any atom is 0.119 e. The van der Waals surface area contributed by atoms with Crippen LogP contribution in [0.15, 0.2) is 40.3 Å². The molecule has 0 bridgehead atoms. The Bertz CT molecular complexity index is 543. The van der Waals surface area contributed by atoms with Crippen molar-refractivity contribution in [1.82, 2.24) is 10.3 Å². The summed E-state index contributed by atoms with van der Waals surface area (Å²) in [6.07, 6.45) is 1.21. The first-order valence-electron chi connectivity index (χ1n) is 6.69. The van der Waals surface area contributed by atoms with Crippen molar-refractivity contribution in [3.05, 3.63) is 45.3 Å². The maximum absolute atomic E-state index is 10.0. The van der Waals surface area contributed by atoms with Gasteiger partial charge in [0.05, 0.1) is 5.54 Å². The third kappa shape index (κ3) is 5.07. The van der Waals surface area contributed by atoms with E-state index in [1.807, 2.05) is 43.5 Å². The van der Waals surface area contributed by atoms with Crippen LogP contribution in [0.5, 0.6) is 5.75 Å². The van der Waals surface area contributed by atoms with Crippen LogP contribution in [0.4, 0.5) is 0 Å². The lowest BCUT2D eigenvalue weighted by molar-refractivity contribution is 0.0987. The fraction of sp³-hybridized carbons (Fsp3) is 0.400. The van der Waals surface area contributed by atoms with E-state index < -0.39 is 6.10 Å². The van der Waals surface area contributed by atoms with E-state index in [0.717, 1.165) is 15.2 Å². The third-order valence-corrected chi connectivity index (χ3v) is 4.63. The van der Waals surface area contributed by atoms with Crippen LogP contribution in [0.2, 0.25) is 0 Å². The molecule has 2 N–H and O–H groups in total. The molecule has 1 aromatic heterocycles. The quantitative estimate of drug-likeness (QED) is 0.785. The van der Waals surface area contributed by atoms with Gasteiger partial charge in [-0.3, -0.25) is 0 Å². The molecule has 1 heterocycles. The van der Waals surface area contributed by atoms with Gasteiger partial charge in [0.1, 0.15) is 23.5 Å². The molecule has 114 valence electrons. The van der Waals surface area contributed by atoms with E-state index in [-0.39, 0.29) is 12.1 Å². The number of thiazole rings is 1. The standard InChI is InChI=1S/C15H19BrN2O2S/c1-15(2,14-17-7-8-21-14)18-9-12(19)10-20-13-5-3-11(16)4-6-13/h3-8,12,18-19H,9-10H2,1-2H3. The van der Waals surface area contributed by atoms with Gasteiger partial charge in [-0.2, -0.15) is 0 Å². The van der Waals surface area contributed by atoms with E-state index in [1.165, 1.54) is 0 Å². The fourth-order valence-corrected chi connectivity index (χ4v) is 2.77. The zero-order chi connectivity index (χ0) is 15.3. The summed E-state index contributed by atoms with van der Waals surface area (Å²) in [6, 6.07) is 7.55. The first-order chi connectivity index (χ1) is 9.97. The van der Waals surface area contributed by atoms with Gasteiger partial charge < -0.3 is 15.2 Å². The molecular weight excluding hydrogens is 352 g/mol. The van der Waals surface area contributed by atoms with E-state index in [9.17, 15) is 5.11 Å². The van der Waals surface area contributed by atoms with Crippen LogP contribution < -0.4 is 10.1 Å². The molecule has 4 nitrogen and oxygen atoms in total. The zero-order valence-corrected chi connectivity index (χ0v) is 14.4. The predicted octanol–water partition coefficient (Wildman–Crippen LogP) is 3.17. The molecule has 1 unspecified atom stereocenters. The number of aliphatic hydroxyl groups is 1. The Morgan fingerprint density at radius 1 is 1.38 bits per heavy atom. The minimum Gasteiger partial charge on any atom is -0.491 e. The molecule has 0 saturated heterocycles. The monoisotopic (exact) mass is 370 g/mol. The van der Waals surface area contributed by atoms with Gasteiger partial charge in [-0.15, -0.1) is 11.3 Å². The number of hydrogen-bond donors (Lipinski definition) is 2. The molecule has 0 aliphatic carbocycles. The SMILES string of the molecule is CC(C)(NCC(O)COc1ccc(Br)cc1)c1nccs1. The molecule has 2 rings (SSSR count). The largest absolute Gasteiger partial charge is 0.491 e. The second-order valence-corrected chi connectivity index (χ2v) is 7.07. The molecule has 6 heteroatoms. The van der Waals surface area contributed by atoms with Gasteiger partial charge in [-0.1, -0.05) is 15.9 Å². The van der Waals surface area contributed by atoms with Crippen LogP contribution >= 0.6 is 27.3 Å². The molecule has 0 amide bonds. The van der Waals surface area contributed by atoms with Crippen LogP contribution in [0.3, 0.4) is 0 Å². The Hall–Kier alpha value is -0.950. The molecule has 0 radical (unpaired) electrons. The van der Waals surface area contributed by atoms with E-state index >= 15 is 0 Å². The van der Waals surface area contributed by atoms with Gasteiger partial charge >= 0.3 is 0 Å². The highest BCUT2D eigenvalue weighted by atomic mass is 79.9. The summed E-state index contributed by atoms with van der Waals surface area (Å²) < 4.78 is 6.56. The van der Waals surface area contributed by atoms with Gasteiger partial charge in [0, 0.05) is 22.6 Å². The number of ether oxygens (including phenoxy) is 1. The number of nitrogens with one attached hydrogen (secondary N) is 1. The molecule has 21 heavy (non-hydrogen) atoms. The van der Waals surface area contributed by atoms with E-state index in [2.05, 4.69) is 26.2 Å². The Morgan fingerprint density at radius 3 is 2.71 bits per heavy atom. The van der Waals surface area contributed by atoms with Gasteiger partial charge in [0.2, 0.25) is 0 Å². The van der Waals surface area contributed by atoms with E-state index in [4.69, 9.17) is 4.74 Å². The molecule has 1 atom stereocenters. The molecular formula is C15H19BrN2O2S. The minimum absolute atomic E-state index is 0.253. The second kappa shape index (κ2) is 7.35. The van der Waals surface area contributed by atoms with Crippen molar-refractivity contribution in [1.29, 1.82) is 0 Å². The van der Waals surface area contributed by atoms with Crippen molar-refractivity contribution in [3.63, 3.8) is 0 Å².